The van der Waals surface area contributed by atoms with Gasteiger partial charge in [-0.25, -0.2) is 9.78 Å². The quantitative estimate of drug-likeness (QED) is 0.752. The second kappa shape index (κ2) is 6.28. The maximum Gasteiger partial charge on any atom is 0.341 e. The van der Waals surface area contributed by atoms with Crippen LogP contribution in [0.2, 0.25) is 0 Å². The molecule has 0 aromatic carbocycles. The second-order valence-corrected chi connectivity index (χ2v) is 5.59. The van der Waals surface area contributed by atoms with Crippen molar-refractivity contribution < 1.29 is 14.6 Å². The van der Waals surface area contributed by atoms with Gasteiger partial charge in [0.05, 0.1) is 25.1 Å². The van der Waals surface area contributed by atoms with Crippen molar-refractivity contribution in [3.8, 4) is 0 Å². The number of ether oxygens (including phenoxy) is 1. The summed E-state index contributed by atoms with van der Waals surface area (Å²) in [4.78, 5) is 20.2. The number of β-amino-alcohol motifs (C(OH)–C–C–N with tert-alkyl or cyclic N) is 1. The van der Waals surface area contributed by atoms with E-state index in [1.807, 2.05) is 23.9 Å². The number of hydrogen-bond acceptors (Lipinski definition) is 7. The number of esters is 1. The molecule has 1 fully saturated rings. The van der Waals surface area contributed by atoms with Crippen molar-refractivity contribution in [3.63, 3.8) is 0 Å². The number of anilines is 2. The summed E-state index contributed by atoms with van der Waals surface area (Å²) in [6.07, 6.45) is 1.73. The molecule has 0 aliphatic carbocycles. The van der Waals surface area contributed by atoms with E-state index in [2.05, 4.69) is 4.98 Å². The van der Waals surface area contributed by atoms with Crippen LogP contribution in [-0.2, 0) is 4.74 Å². The number of rotatable bonds is 4. The summed E-state index contributed by atoms with van der Waals surface area (Å²) in [5.41, 5.74) is 6.45. The number of aliphatic hydroxyl groups excluding tert-OH is 1. The predicted molar refractivity (Wildman–Crippen MR) is 80.3 cm³/mol. The van der Waals surface area contributed by atoms with E-state index in [1.54, 1.807) is 6.07 Å². The van der Waals surface area contributed by atoms with Crippen LogP contribution in [0.1, 0.15) is 16.8 Å². The number of aromatic nitrogens is 1. The lowest BCUT2D eigenvalue weighted by atomic mass is 10.1. The monoisotopic (exact) mass is 294 g/mol. The first-order valence-electron chi connectivity index (χ1n) is 6.85. The Kier molecular flexibility index (Phi) is 4.64. The zero-order chi connectivity index (χ0) is 15.6. The number of nitrogens with two attached hydrogens (primary N) is 1. The molecule has 2 atom stereocenters. The Hall–Kier alpha value is -1.86. The normalized spacial score (nSPS) is 21.9. The summed E-state index contributed by atoms with van der Waals surface area (Å²) >= 11 is 0. The molecule has 1 aromatic heterocycles. The topological polar surface area (TPSA) is 91.9 Å². The van der Waals surface area contributed by atoms with E-state index in [9.17, 15) is 9.90 Å². The standard InChI is InChI=1S/C14H22N4O3/c1-17(2)7-10-5-11(19)8-18(10)13-12(14(20)21-3)4-9(15)6-16-13/h4,6,10-11,19H,5,7-8,15H2,1-3H3. The van der Waals surface area contributed by atoms with E-state index in [0.29, 0.717) is 30.0 Å². The van der Waals surface area contributed by atoms with Crippen LogP contribution in [0, 0.1) is 0 Å². The second-order valence-electron chi connectivity index (χ2n) is 5.59. The minimum absolute atomic E-state index is 0.0922. The van der Waals surface area contributed by atoms with Gasteiger partial charge in [0.25, 0.3) is 0 Å². The number of nitrogens with zero attached hydrogens (tertiary/aromatic N) is 3. The highest BCUT2D eigenvalue weighted by Gasteiger charge is 2.34. The fraction of sp³-hybridized carbons (Fsp3) is 0.571. The van der Waals surface area contributed by atoms with Gasteiger partial charge in [-0.1, -0.05) is 0 Å². The number of likely N-dealkylation sites (N-methyl/N-ethyl adjacent to an activating group) is 1. The van der Waals surface area contributed by atoms with Gasteiger partial charge in [0.15, 0.2) is 0 Å². The van der Waals surface area contributed by atoms with Crippen molar-refractivity contribution in [1.82, 2.24) is 9.88 Å². The third-order valence-electron chi connectivity index (χ3n) is 3.53. The van der Waals surface area contributed by atoms with Crippen LogP contribution in [0.3, 0.4) is 0 Å². The van der Waals surface area contributed by atoms with Crippen LogP contribution < -0.4 is 10.6 Å². The van der Waals surface area contributed by atoms with Crippen LogP contribution in [0.5, 0.6) is 0 Å². The molecule has 3 N–H and O–H groups in total. The number of pyridine rings is 1. The van der Waals surface area contributed by atoms with E-state index in [0.717, 1.165) is 6.54 Å². The zero-order valence-electron chi connectivity index (χ0n) is 12.6. The Morgan fingerprint density at radius 3 is 2.95 bits per heavy atom. The highest BCUT2D eigenvalue weighted by atomic mass is 16.5. The lowest BCUT2D eigenvalue weighted by molar-refractivity contribution is 0.0601. The molecule has 0 amide bonds. The molecule has 1 saturated heterocycles. The van der Waals surface area contributed by atoms with Crippen molar-refractivity contribution in [2.45, 2.75) is 18.6 Å². The molecule has 116 valence electrons. The van der Waals surface area contributed by atoms with Crippen molar-refractivity contribution in [2.24, 2.45) is 0 Å². The van der Waals surface area contributed by atoms with E-state index < -0.39 is 12.1 Å². The van der Waals surface area contributed by atoms with Crippen molar-refractivity contribution >= 4 is 17.5 Å². The van der Waals surface area contributed by atoms with E-state index >= 15 is 0 Å². The van der Waals surface area contributed by atoms with Gasteiger partial charge >= 0.3 is 5.97 Å². The Labute approximate surface area is 124 Å². The molecule has 1 aromatic rings. The fourth-order valence-electron chi connectivity index (χ4n) is 2.71. The van der Waals surface area contributed by atoms with E-state index in [1.165, 1.54) is 13.3 Å². The summed E-state index contributed by atoms with van der Waals surface area (Å²) in [6, 6.07) is 1.65. The van der Waals surface area contributed by atoms with Gasteiger partial charge in [0.2, 0.25) is 0 Å². The number of carbonyl (C=O) groups is 1. The largest absolute Gasteiger partial charge is 0.465 e. The lowest BCUT2D eigenvalue weighted by Gasteiger charge is -2.28. The van der Waals surface area contributed by atoms with Crippen LogP contribution in [0.15, 0.2) is 12.3 Å². The molecule has 2 rings (SSSR count). The first-order valence-corrected chi connectivity index (χ1v) is 6.85. The van der Waals surface area contributed by atoms with Crippen molar-refractivity contribution in [2.75, 3.05) is 44.9 Å². The highest BCUT2D eigenvalue weighted by molar-refractivity contribution is 5.95. The maximum absolute atomic E-state index is 11.9. The molecule has 1 aliphatic heterocycles. The molecule has 0 radical (unpaired) electrons. The summed E-state index contributed by atoms with van der Waals surface area (Å²) in [7, 11) is 5.27. The van der Waals surface area contributed by atoms with Gasteiger partial charge in [0, 0.05) is 19.1 Å². The third-order valence-corrected chi connectivity index (χ3v) is 3.53. The number of nitrogen functional groups attached to an aromatic ring is 1. The number of carbonyl (C=O) groups excluding carboxylic acids is 1. The highest BCUT2D eigenvalue weighted by Crippen LogP contribution is 2.29. The van der Waals surface area contributed by atoms with Gasteiger partial charge in [-0.2, -0.15) is 0 Å². The average molecular weight is 294 g/mol. The number of methoxy groups -OCH3 is 1. The van der Waals surface area contributed by atoms with Crippen LogP contribution in [-0.4, -0.2) is 67.4 Å². The van der Waals surface area contributed by atoms with Gasteiger partial charge in [-0.3, -0.25) is 0 Å². The minimum atomic E-state index is -0.477. The third kappa shape index (κ3) is 3.43. The van der Waals surface area contributed by atoms with Crippen LogP contribution in [0.4, 0.5) is 11.5 Å². The first kappa shape index (κ1) is 15.5. The van der Waals surface area contributed by atoms with Gasteiger partial charge in [-0.15, -0.1) is 0 Å². The molecule has 1 aliphatic rings. The predicted octanol–water partition coefficient (Wildman–Crippen LogP) is -0.0484. The van der Waals surface area contributed by atoms with Gasteiger partial charge in [0.1, 0.15) is 11.4 Å². The van der Waals surface area contributed by atoms with Crippen molar-refractivity contribution in [3.05, 3.63) is 17.8 Å². The van der Waals surface area contributed by atoms with Crippen LogP contribution >= 0.6 is 0 Å². The molecule has 2 unspecified atom stereocenters. The first-order chi connectivity index (χ1) is 9.92. The van der Waals surface area contributed by atoms with E-state index in [4.69, 9.17) is 10.5 Å². The van der Waals surface area contributed by atoms with Crippen LogP contribution in [0.25, 0.3) is 0 Å². The summed E-state index contributed by atoms with van der Waals surface area (Å²) in [5.74, 6) is 0.0363. The molecule has 2 heterocycles. The van der Waals surface area contributed by atoms with Crippen molar-refractivity contribution in [1.29, 1.82) is 0 Å². The molecule has 7 nitrogen and oxygen atoms in total. The summed E-state index contributed by atoms with van der Waals surface area (Å²) < 4.78 is 4.80. The maximum atomic E-state index is 11.9. The van der Waals surface area contributed by atoms with E-state index in [-0.39, 0.29) is 6.04 Å². The Morgan fingerprint density at radius 2 is 2.33 bits per heavy atom. The zero-order valence-corrected chi connectivity index (χ0v) is 12.6. The number of hydrogen-bond donors (Lipinski definition) is 2. The fourth-order valence-corrected chi connectivity index (χ4v) is 2.71. The molecule has 7 heteroatoms. The molecular weight excluding hydrogens is 272 g/mol. The molecule has 0 bridgehead atoms. The Balaban J connectivity index is 2.37. The Morgan fingerprint density at radius 1 is 1.62 bits per heavy atom. The SMILES string of the molecule is COC(=O)c1cc(N)cnc1N1CC(O)CC1CN(C)C. The number of aliphatic hydroxyl groups is 1. The summed E-state index contributed by atoms with van der Waals surface area (Å²) in [6.45, 7) is 1.21. The average Bonchev–Trinajstić information content (AvgIpc) is 2.77. The molecular formula is C14H22N4O3. The summed E-state index contributed by atoms with van der Waals surface area (Å²) in [5, 5.41) is 9.96. The minimum Gasteiger partial charge on any atom is -0.465 e. The molecule has 0 spiro atoms. The smallest absolute Gasteiger partial charge is 0.341 e. The van der Waals surface area contributed by atoms with Gasteiger partial charge < -0.3 is 25.4 Å². The Bertz CT molecular complexity index is 521. The van der Waals surface area contributed by atoms with Gasteiger partial charge in [-0.05, 0) is 26.6 Å². The molecule has 0 saturated carbocycles. The molecule has 21 heavy (non-hydrogen) atoms. The lowest BCUT2D eigenvalue weighted by Crippen LogP contribution is -2.39.